The topological polar surface area (TPSA) is 51.0 Å². The molecule has 2 aromatic rings. The van der Waals surface area contributed by atoms with E-state index in [0.29, 0.717) is 29.8 Å². The van der Waals surface area contributed by atoms with Gasteiger partial charge < -0.3 is 9.84 Å². The Morgan fingerprint density at radius 1 is 1.41 bits per heavy atom. The van der Waals surface area contributed by atoms with Gasteiger partial charge in [0.15, 0.2) is 5.82 Å². The molecule has 1 aromatic carbocycles. The molecule has 6 heteroatoms. The minimum atomic E-state index is -0.248. The van der Waals surface area contributed by atoms with Crippen LogP contribution in [0, 0.1) is 5.82 Å². The summed E-state index contributed by atoms with van der Waals surface area (Å²) in [5.41, 5.74) is 0.887. The van der Waals surface area contributed by atoms with Crippen molar-refractivity contribution in [1.29, 1.82) is 0 Å². The van der Waals surface area contributed by atoms with E-state index in [2.05, 4.69) is 35.9 Å². The Hall–Kier alpha value is -1.27. The van der Waals surface area contributed by atoms with Crippen LogP contribution in [0.15, 0.2) is 33.6 Å². The molecule has 0 saturated carbocycles. The molecule has 0 fully saturated rings. The van der Waals surface area contributed by atoms with Crippen LogP contribution in [0.5, 0.6) is 0 Å². The first-order valence-electron chi connectivity index (χ1n) is 5.16. The van der Waals surface area contributed by atoms with Gasteiger partial charge in [-0.15, -0.1) is 0 Å². The van der Waals surface area contributed by atoms with Crippen molar-refractivity contribution in [3.63, 3.8) is 0 Å². The predicted molar refractivity (Wildman–Crippen MR) is 63.8 cm³/mol. The fraction of sp³-hybridized carbons (Fsp3) is 0.273. The Kier molecular flexibility index (Phi) is 4.22. The summed E-state index contributed by atoms with van der Waals surface area (Å²) in [6.45, 7) is 1.30. The first kappa shape index (κ1) is 12.2. The minimum Gasteiger partial charge on any atom is -0.343 e. The van der Waals surface area contributed by atoms with Crippen molar-refractivity contribution in [2.75, 3.05) is 6.54 Å². The summed E-state index contributed by atoms with van der Waals surface area (Å²) in [4.78, 5) is 3.91. The molecule has 90 valence electrons. The highest BCUT2D eigenvalue weighted by atomic mass is 79.9. The number of nitrogens with one attached hydrogen (secondary N) is 1. The SMILES string of the molecule is Fc1cccc(CNCCc2ncon2)c1Br. The molecule has 0 bridgehead atoms. The van der Waals surface area contributed by atoms with Gasteiger partial charge in [-0.2, -0.15) is 4.98 Å². The standard InChI is InChI=1S/C11H11BrFN3O/c12-11-8(2-1-3-9(11)13)6-14-5-4-10-15-7-17-16-10/h1-3,7,14H,4-6H2. The largest absolute Gasteiger partial charge is 0.343 e. The van der Waals surface area contributed by atoms with E-state index in [9.17, 15) is 4.39 Å². The van der Waals surface area contributed by atoms with Gasteiger partial charge >= 0.3 is 0 Å². The van der Waals surface area contributed by atoms with Gasteiger partial charge in [0.1, 0.15) is 5.82 Å². The molecule has 0 saturated heterocycles. The van der Waals surface area contributed by atoms with Crippen LogP contribution >= 0.6 is 15.9 Å². The number of halogens is 2. The van der Waals surface area contributed by atoms with Crippen molar-refractivity contribution in [2.24, 2.45) is 0 Å². The zero-order valence-corrected chi connectivity index (χ0v) is 10.6. The third kappa shape index (κ3) is 3.34. The van der Waals surface area contributed by atoms with Gasteiger partial charge in [-0.25, -0.2) is 4.39 Å². The maximum absolute atomic E-state index is 13.2. The van der Waals surface area contributed by atoms with Crippen LogP contribution in [0.1, 0.15) is 11.4 Å². The molecule has 0 aliphatic carbocycles. The number of benzene rings is 1. The van der Waals surface area contributed by atoms with Crippen molar-refractivity contribution in [3.8, 4) is 0 Å². The average molecular weight is 300 g/mol. The quantitative estimate of drug-likeness (QED) is 0.861. The third-order valence-electron chi connectivity index (χ3n) is 2.28. The first-order valence-corrected chi connectivity index (χ1v) is 5.95. The maximum Gasteiger partial charge on any atom is 0.213 e. The molecule has 1 N–H and O–H groups in total. The summed E-state index contributed by atoms with van der Waals surface area (Å²) in [6.07, 6.45) is 1.99. The molecule has 0 atom stereocenters. The summed E-state index contributed by atoms with van der Waals surface area (Å²) >= 11 is 3.22. The zero-order valence-electron chi connectivity index (χ0n) is 8.99. The summed E-state index contributed by atoms with van der Waals surface area (Å²) in [5, 5.41) is 6.89. The number of aromatic nitrogens is 2. The zero-order chi connectivity index (χ0) is 12.1. The maximum atomic E-state index is 13.2. The van der Waals surface area contributed by atoms with Crippen molar-refractivity contribution in [1.82, 2.24) is 15.5 Å². The smallest absolute Gasteiger partial charge is 0.213 e. The average Bonchev–Trinajstić information content (AvgIpc) is 2.83. The van der Waals surface area contributed by atoms with Crippen LogP contribution in [-0.4, -0.2) is 16.7 Å². The van der Waals surface area contributed by atoms with Gasteiger partial charge in [0.2, 0.25) is 6.39 Å². The van der Waals surface area contributed by atoms with Crippen LogP contribution in [-0.2, 0) is 13.0 Å². The molecule has 2 rings (SSSR count). The van der Waals surface area contributed by atoms with Gasteiger partial charge in [-0.3, -0.25) is 0 Å². The van der Waals surface area contributed by atoms with Gasteiger partial charge in [-0.05, 0) is 27.6 Å². The number of hydrogen-bond donors (Lipinski definition) is 1. The molecule has 0 aliphatic heterocycles. The minimum absolute atomic E-state index is 0.248. The molecular weight excluding hydrogens is 289 g/mol. The predicted octanol–water partition coefficient (Wildman–Crippen LogP) is 2.30. The van der Waals surface area contributed by atoms with Crippen molar-refractivity contribution in [3.05, 3.63) is 46.3 Å². The van der Waals surface area contributed by atoms with Crippen molar-refractivity contribution >= 4 is 15.9 Å². The summed E-state index contributed by atoms with van der Waals surface area (Å²) < 4.78 is 18.3. The molecule has 4 nitrogen and oxygen atoms in total. The second-order valence-electron chi connectivity index (χ2n) is 3.49. The molecule has 17 heavy (non-hydrogen) atoms. The van der Waals surface area contributed by atoms with E-state index < -0.39 is 0 Å². The van der Waals surface area contributed by atoms with Crippen molar-refractivity contribution in [2.45, 2.75) is 13.0 Å². The summed E-state index contributed by atoms with van der Waals surface area (Å²) in [5.74, 6) is 0.415. The van der Waals surface area contributed by atoms with Crippen LogP contribution in [0.3, 0.4) is 0 Å². The van der Waals surface area contributed by atoms with Crippen LogP contribution in [0.2, 0.25) is 0 Å². The lowest BCUT2D eigenvalue weighted by Crippen LogP contribution is -2.17. The Bertz CT molecular complexity index is 476. The van der Waals surface area contributed by atoms with Gasteiger partial charge in [-0.1, -0.05) is 17.3 Å². The molecule has 0 aliphatic rings. The van der Waals surface area contributed by atoms with Gasteiger partial charge in [0.05, 0.1) is 4.47 Å². The second-order valence-corrected chi connectivity index (χ2v) is 4.28. The van der Waals surface area contributed by atoms with E-state index in [0.717, 1.165) is 5.56 Å². The Morgan fingerprint density at radius 2 is 2.29 bits per heavy atom. The number of nitrogens with zero attached hydrogens (tertiary/aromatic N) is 2. The number of hydrogen-bond acceptors (Lipinski definition) is 4. The van der Waals surface area contributed by atoms with Gasteiger partial charge in [0.25, 0.3) is 0 Å². The van der Waals surface area contributed by atoms with Gasteiger partial charge in [0, 0.05) is 19.5 Å². The summed E-state index contributed by atoms with van der Waals surface area (Å²) in [7, 11) is 0. The molecular formula is C11H11BrFN3O. The molecule has 1 aromatic heterocycles. The Balaban J connectivity index is 1.80. The van der Waals surface area contributed by atoms with E-state index in [1.165, 1.54) is 12.5 Å². The van der Waals surface area contributed by atoms with Crippen LogP contribution in [0.4, 0.5) is 4.39 Å². The number of rotatable bonds is 5. The molecule has 0 spiro atoms. The fourth-order valence-corrected chi connectivity index (χ4v) is 1.82. The lowest BCUT2D eigenvalue weighted by Gasteiger charge is -2.06. The summed E-state index contributed by atoms with van der Waals surface area (Å²) in [6, 6.07) is 4.98. The lowest BCUT2D eigenvalue weighted by molar-refractivity contribution is 0.409. The monoisotopic (exact) mass is 299 g/mol. The highest BCUT2D eigenvalue weighted by Gasteiger charge is 2.04. The molecule has 0 radical (unpaired) electrons. The molecule has 0 amide bonds. The highest BCUT2D eigenvalue weighted by Crippen LogP contribution is 2.19. The second kappa shape index (κ2) is 5.88. The fourth-order valence-electron chi connectivity index (χ4n) is 1.41. The molecule has 1 heterocycles. The van der Waals surface area contributed by atoms with E-state index in [4.69, 9.17) is 0 Å². The van der Waals surface area contributed by atoms with E-state index in [-0.39, 0.29) is 5.82 Å². The third-order valence-corrected chi connectivity index (χ3v) is 3.17. The first-order chi connectivity index (χ1) is 8.27. The van der Waals surface area contributed by atoms with Crippen LogP contribution < -0.4 is 5.32 Å². The van der Waals surface area contributed by atoms with E-state index >= 15 is 0 Å². The molecule has 0 unspecified atom stereocenters. The Labute approximate surface area is 106 Å². The highest BCUT2D eigenvalue weighted by molar-refractivity contribution is 9.10. The van der Waals surface area contributed by atoms with E-state index in [1.54, 1.807) is 6.07 Å². The normalized spacial score (nSPS) is 10.7. The lowest BCUT2D eigenvalue weighted by atomic mass is 10.2. The van der Waals surface area contributed by atoms with Crippen LogP contribution in [0.25, 0.3) is 0 Å². The van der Waals surface area contributed by atoms with E-state index in [1.807, 2.05) is 6.07 Å². The van der Waals surface area contributed by atoms with Crippen molar-refractivity contribution < 1.29 is 8.91 Å². The Morgan fingerprint density at radius 3 is 3.06 bits per heavy atom.